The van der Waals surface area contributed by atoms with Gasteiger partial charge in [0.1, 0.15) is 0 Å². The summed E-state index contributed by atoms with van der Waals surface area (Å²) in [6, 6.07) is 5.02. The number of nitrogens with zero attached hydrogens (tertiary/aromatic N) is 1. The van der Waals surface area contributed by atoms with Crippen LogP contribution in [0.4, 0.5) is 5.69 Å². The van der Waals surface area contributed by atoms with E-state index < -0.39 is 0 Å². The monoisotopic (exact) mass is 372 g/mol. The summed E-state index contributed by atoms with van der Waals surface area (Å²) < 4.78 is 6.70. The molecule has 2 aliphatic heterocycles. The number of anilines is 1. The summed E-state index contributed by atoms with van der Waals surface area (Å²) in [5.41, 5.74) is 1.01. The van der Waals surface area contributed by atoms with Gasteiger partial charge in [0, 0.05) is 23.7 Å². The summed E-state index contributed by atoms with van der Waals surface area (Å²) in [7, 11) is 0. The maximum absolute atomic E-state index is 6.21. The smallest absolute Gasteiger partial charge is 0.156 e. The molecular formula is C16H22BrClN2O. The van der Waals surface area contributed by atoms with Crippen molar-refractivity contribution in [2.45, 2.75) is 44.7 Å². The number of halogens is 2. The van der Waals surface area contributed by atoms with Crippen molar-refractivity contribution < 1.29 is 4.74 Å². The van der Waals surface area contributed by atoms with Crippen LogP contribution in [0.5, 0.6) is 5.75 Å². The van der Waals surface area contributed by atoms with Gasteiger partial charge in [-0.2, -0.15) is 0 Å². The van der Waals surface area contributed by atoms with Crippen LogP contribution in [0.15, 0.2) is 16.6 Å². The van der Waals surface area contributed by atoms with E-state index in [9.17, 15) is 0 Å². The van der Waals surface area contributed by atoms with E-state index in [1.807, 2.05) is 19.1 Å². The van der Waals surface area contributed by atoms with E-state index in [-0.39, 0.29) is 0 Å². The number of hydrogen-bond donors (Lipinski definition) is 1. The largest absolute Gasteiger partial charge is 0.491 e. The van der Waals surface area contributed by atoms with Crippen molar-refractivity contribution in [1.29, 1.82) is 0 Å². The molecule has 1 N–H and O–H groups in total. The van der Waals surface area contributed by atoms with Crippen molar-refractivity contribution in [2.24, 2.45) is 0 Å². The van der Waals surface area contributed by atoms with Crippen molar-refractivity contribution in [3.8, 4) is 5.75 Å². The molecule has 0 bridgehead atoms. The minimum Gasteiger partial charge on any atom is -0.491 e. The molecule has 0 aliphatic carbocycles. The molecule has 0 radical (unpaired) electrons. The van der Waals surface area contributed by atoms with Crippen LogP contribution in [0.1, 0.15) is 32.6 Å². The van der Waals surface area contributed by atoms with Gasteiger partial charge < -0.3 is 10.1 Å². The van der Waals surface area contributed by atoms with Crippen molar-refractivity contribution in [3.63, 3.8) is 0 Å². The Kier molecular flexibility index (Phi) is 4.97. The molecule has 2 aliphatic rings. The zero-order valence-electron chi connectivity index (χ0n) is 12.4. The maximum atomic E-state index is 6.21. The molecule has 1 aromatic rings. The van der Waals surface area contributed by atoms with Crippen LogP contribution in [0.25, 0.3) is 0 Å². The van der Waals surface area contributed by atoms with Gasteiger partial charge in [-0.3, -0.25) is 4.90 Å². The third-order valence-electron chi connectivity index (χ3n) is 4.49. The van der Waals surface area contributed by atoms with Crippen molar-refractivity contribution in [3.05, 3.63) is 21.6 Å². The standard InChI is InChI=1S/C16H22BrClN2O/c1-2-21-16-12(17)9-11(18)10-14(16)19-13-6-8-20-7-4-3-5-15(13)20/h9-10,13,15,19H,2-8H2,1H3. The molecule has 2 heterocycles. The van der Waals surface area contributed by atoms with E-state index >= 15 is 0 Å². The van der Waals surface area contributed by atoms with Gasteiger partial charge in [0.25, 0.3) is 0 Å². The number of fused-ring (bicyclic) bond motifs is 1. The summed E-state index contributed by atoms with van der Waals surface area (Å²) in [5.74, 6) is 0.871. The number of piperidine rings is 1. The van der Waals surface area contributed by atoms with Crippen molar-refractivity contribution >= 4 is 33.2 Å². The minimum atomic E-state index is 0.495. The summed E-state index contributed by atoms with van der Waals surface area (Å²) in [6.07, 6.45) is 5.18. The van der Waals surface area contributed by atoms with E-state index in [1.165, 1.54) is 38.8 Å². The molecule has 3 nitrogen and oxygen atoms in total. The van der Waals surface area contributed by atoms with E-state index in [0.717, 1.165) is 20.9 Å². The number of hydrogen-bond acceptors (Lipinski definition) is 3. The lowest BCUT2D eigenvalue weighted by molar-refractivity contribution is 0.192. The Morgan fingerprint density at radius 3 is 3.00 bits per heavy atom. The van der Waals surface area contributed by atoms with Gasteiger partial charge in [0.05, 0.1) is 16.8 Å². The fourth-order valence-electron chi connectivity index (χ4n) is 3.57. The molecule has 2 fully saturated rings. The summed E-state index contributed by atoms with van der Waals surface area (Å²) >= 11 is 9.77. The van der Waals surface area contributed by atoms with Crippen LogP contribution in [0.3, 0.4) is 0 Å². The van der Waals surface area contributed by atoms with Gasteiger partial charge in [0.15, 0.2) is 5.75 Å². The minimum absolute atomic E-state index is 0.495. The predicted molar refractivity (Wildman–Crippen MR) is 91.6 cm³/mol. The van der Waals surface area contributed by atoms with Crippen molar-refractivity contribution in [2.75, 3.05) is 25.0 Å². The van der Waals surface area contributed by atoms with E-state index in [4.69, 9.17) is 16.3 Å². The Morgan fingerprint density at radius 2 is 2.19 bits per heavy atom. The number of nitrogens with one attached hydrogen (secondary N) is 1. The zero-order valence-corrected chi connectivity index (χ0v) is 14.7. The molecule has 116 valence electrons. The molecule has 0 aromatic heterocycles. The summed E-state index contributed by atoms with van der Waals surface area (Å²) in [6.45, 7) is 5.10. The first-order chi connectivity index (χ1) is 10.2. The van der Waals surface area contributed by atoms with E-state index in [0.29, 0.717) is 18.7 Å². The molecule has 2 saturated heterocycles. The molecule has 3 rings (SSSR count). The lowest BCUT2D eigenvalue weighted by Crippen LogP contribution is -2.41. The Hall–Kier alpha value is -0.450. The van der Waals surface area contributed by atoms with Crippen LogP contribution in [-0.2, 0) is 0 Å². The Morgan fingerprint density at radius 1 is 1.33 bits per heavy atom. The van der Waals surface area contributed by atoms with Crippen LogP contribution in [0.2, 0.25) is 5.02 Å². The molecular weight excluding hydrogens is 352 g/mol. The van der Waals surface area contributed by atoms with Gasteiger partial charge in [-0.05, 0) is 60.8 Å². The van der Waals surface area contributed by atoms with Gasteiger partial charge in [-0.25, -0.2) is 0 Å². The molecule has 0 amide bonds. The summed E-state index contributed by atoms with van der Waals surface area (Å²) in [4.78, 5) is 2.63. The van der Waals surface area contributed by atoms with Crippen LogP contribution >= 0.6 is 27.5 Å². The molecule has 0 spiro atoms. The average molecular weight is 374 g/mol. The van der Waals surface area contributed by atoms with Gasteiger partial charge >= 0.3 is 0 Å². The highest BCUT2D eigenvalue weighted by Gasteiger charge is 2.35. The topological polar surface area (TPSA) is 24.5 Å². The highest BCUT2D eigenvalue weighted by molar-refractivity contribution is 9.10. The Bertz CT molecular complexity index is 511. The average Bonchev–Trinajstić information content (AvgIpc) is 2.86. The summed E-state index contributed by atoms with van der Waals surface area (Å²) in [5, 5.41) is 4.42. The lowest BCUT2D eigenvalue weighted by Gasteiger charge is -2.33. The third kappa shape index (κ3) is 3.33. The van der Waals surface area contributed by atoms with Gasteiger partial charge in [-0.15, -0.1) is 0 Å². The third-order valence-corrected chi connectivity index (χ3v) is 5.30. The first kappa shape index (κ1) is 15.4. The first-order valence-corrected chi connectivity index (χ1v) is 8.98. The van der Waals surface area contributed by atoms with E-state index in [2.05, 4.69) is 26.1 Å². The quantitative estimate of drug-likeness (QED) is 0.838. The first-order valence-electron chi connectivity index (χ1n) is 7.81. The second kappa shape index (κ2) is 6.76. The van der Waals surface area contributed by atoms with Gasteiger partial charge in [-0.1, -0.05) is 18.0 Å². The normalized spacial score (nSPS) is 25.7. The Balaban J connectivity index is 1.80. The number of rotatable bonds is 4. The second-order valence-electron chi connectivity index (χ2n) is 5.84. The Labute approximate surface area is 140 Å². The fraction of sp³-hybridized carbons (Fsp3) is 0.625. The number of benzene rings is 1. The molecule has 1 aromatic carbocycles. The fourth-order valence-corrected chi connectivity index (χ4v) is 4.50. The van der Waals surface area contributed by atoms with Gasteiger partial charge in [0.2, 0.25) is 0 Å². The molecule has 2 atom stereocenters. The SMILES string of the molecule is CCOc1c(Br)cc(Cl)cc1NC1CCN2CCCCC12. The van der Waals surface area contributed by atoms with Crippen molar-refractivity contribution in [1.82, 2.24) is 4.90 Å². The number of ether oxygens (including phenoxy) is 1. The predicted octanol–water partition coefficient (Wildman–Crippen LogP) is 4.54. The maximum Gasteiger partial charge on any atom is 0.156 e. The molecule has 21 heavy (non-hydrogen) atoms. The van der Waals surface area contributed by atoms with Crippen LogP contribution < -0.4 is 10.1 Å². The zero-order chi connectivity index (χ0) is 14.8. The molecule has 5 heteroatoms. The van der Waals surface area contributed by atoms with Crippen LogP contribution in [0, 0.1) is 0 Å². The van der Waals surface area contributed by atoms with Crippen LogP contribution in [-0.4, -0.2) is 36.7 Å². The van der Waals surface area contributed by atoms with E-state index in [1.54, 1.807) is 0 Å². The highest BCUT2D eigenvalue weighted by Crippen LogP contribution is 2.39. The molecule has 0 saturated carbocycles. The lowest BCUT2D eigenvalue weighted by atomic mass is 9.99. The molecule has 2 unspecified atom stereocenters. The second-order valence-corrected chi connectivity index (χ2v) is 7.13. The highest BCUT2D eigenvalue weighted by atomic mass is 79.9.